The van der Waals surface area contributed by atoms with E-state index in [4.69, 9.17) is 0 Å². The van der Waals surface area contributed by atoms with Crippen molar-refractivity contribution < 1.29 is 14.5 Å². The van der Waals surface area contributed by atoms with Crippen LogP contribution in [0.25, 0.3) is 0 Å². The summed E-state index contributed by atoms with van der Waals surface area (Å²) < 4.78 is 0. The molecular formula is C12H13N3O4S2. The first kappa shape index (κ1) is 14.3. The van der Waals surface area contributed by atoms with Crippen LogP contribution in [0.2, 0.25) is 0 Å². The molecule has 0 aromatic carbocycles. The number of imide groups is 1. The van der Waals surface area contributed by atoms with E-state index >= 15 is 0 Å². The normalized spacial score (nSPS) is 20.9. The molecule has 9 heteroatoms. The highest BCUT2D eigenvalue weighted by atomic mass is 32.2. The van der Waals surface area contributed by atoms with Gasteiger partial charge in [-0.15, -0.1) is 0 Å². The van der Waals surface area contributed by atoms with E-state index in [0.717, 1.165) is 22.8 Å². The van der Waals surface area contributed by atoms with Crippen LogP contribution in [-0.4, -0.2) is 38.8 Å². The van der Waals surface area contributed by atoms with E-state index in [1.54, 1.807) is 17.1 Å². The standard InChI is InChI=1S/C12H13N3O4S2/c16-10-12(1-3-20-4-2-12)13-11(17)14(10)6-8-5-9(15(18)19)21-7-8/h5,7H,1-4,6H2,(H,13,17). The van der Waals surface area contributed by atoms with E-state index in [9.17, 15) is 19.7 Å². The summed E-state index contributed by atoms with van der Waals surface area (Å²) in [5, 5.41) is 15.1. The van der Waals surface area contributed by atoms with Crippen LogP contribution in [-0.2, 0) is 11.3 Å². The van der Waals surface area contributed by atoms with Gasteiger partial charge in [0, 0.05) is 11.4 Å². The van der Waals surface area contributed by atoms with Crippen LogP contribution in [0.15, 0.2) is 11.4 Å². The van der Waals surface area contributed by atoms with Gasteiger partial charge in [-0.1, -0.05) is 11.3 Å². The van der Waals surface area contributed by atoms with Gasteiger partial charge >= 0.3 is 11.0 Å². The second-order valence-corrected chi connectivity index (χ2v) is 7.18. The summed E-state index contributed by atoms with van der Waals surface area (Å²) in [6, 6.07) is 1.01. The lowest BCUT2D eigenvalue weighted by molar-refractivity contribution is -0.380. The Bertz CT molecular complexity index is 609. The summed E-state index contributed by atoms with van der Waals surface area (Å²) in [6.45, 7) is 0.0872. The number of thiophene rings is 1. The van der Waals surface area contributed by atoms with Crippen LogP contribution < -0.4 is 5.32 Å². The van der Waals surface area contributed by atoms with Crippen molar-refractivity contribution >= 4 is 40.0 Å². The highest BCUT2D eigenvalue weighted by Crippen LogP contribution is 2.34. The molecule has 2 fully saturated rings. The Hall–Kier alpha value is -1.61. The number of thioether (sulfide) groups is 1. The van der Waals surface area contributed by atoms with Crippen molar-refractivity contribution in [2.24, 2.45) is 0 Å². The van der Waals surface area contributed by atoms with Crippen LogP contribution in [0.1, 0.15) is 18.4 Å². The van der Waals surface area contributed by atoms with Crippen molar-refractivity contribution in [3.8, 4) is 0 Å². The predicted octanol–water partition coefficient (Wildman–Crippen LogP) is 1.97. The summed E-state index contributed by atoms with van der Waals surface area (Å²) >= 11 is 2.77. The van der Waals surface area contributed by atoms with Crippen LogP contribution in [0.3, 0.4) is 0 Å². The minimum atomic E-state index is -0.760. The summed E-state index contributed by atoms with van der Waals surface area (Å²) in [5.74, 6) is 1.50. The first-order valence-corrected chi connectivity index (χ1v) is 8.49. The molecule has 1 aromatic heterocycles. The van der Waals surface area contributed by atoms with Crippen molar-refractivity contribution in [2.45, 2.75) is 24.9 Å². The fourth-order valence-corrected chi connectivity index (χ4v) is 4.51. The Kier molecular flexibility index (Phi) is 3.62. The Balaban J connectivity index is 1.77. The van der Waals surface area contributed by atoms with Gasteiger partial charge in [0.2, 0.25) is 0 Å². The largest absolute Gasteiger partial charge is 0.325 e. The lowest BCUT2D eigenvalue weighted by Gasteiger charge is -2.30. The number of amides is 3. The van der Waals surface area contributed by atoms with Gasteiger partial charge in [-0.25, -0.2) is 4.79 Å². The molecule has 1 spiro atoms. The highest BCUT2D eigenvalue weighted by Gasteiger charge is 2.51. The van der Waals surface area contributed by atoms with Crippen LogP contribution in [0.4, 0.5) is 9.80 Å². The topological polar surface area (TPSA) is 92.6 Å². The smallest absolute Gasteiger partial charge is 0.323 e. The SMILES string of the molecule is O=C1NC2(CCSCC2)C(=O)N1Cc1csc([N+](=O)[O-])c1. The Morgan fingerprint density at radius 2 is 2.10 bits per heavy atom. The number of nitrogens with one attached hydrogen (secondary N) is 1. The van der Waals surface area contributed by atoms with Gasteiger partial charge < -0.3 is 5.32 Å². The Labute approximate surface area is 128 Å². The Morgan fingerprint density at radius 3 is 2.71 bits per heavy atom. The van der Waals surface area contributed by atoms with Crippen LogP contribution >= 0.6 is 23.1 Å². The molecule has 1 aromatic rings. The number of carbonyl (C=O) groups is 2. The second kappa shape index (κ2) is 5.30. The van der Waals surface area contributed by atoms with Crippen LogP contribution in [0, 0.1) is 10.1 Å². The lowest BCUT2D eigenvalue weighted by atomic mass is 9.92. The van der Waals surface area contributed by atoms with Crippen molar-refractivity contribution in [1.82, 2.24) is 10.2 Å². The first-order valence-electron chi connectivity index (χ1n) is 6.45. The molecule has 1 N–H and O–H groups in total. The molecule has 2 aliphatic heterocycles. The molecule has 0 unspecified atom stereocenters. The maximum Gasteiger partial charge on any atom is 0.325 e. The monoisotopic (exact) mass is 327 g/mol. The average Bonchev–Trinajstić information content (AvgIpc) is 3.00. The number of urea groups is 1. The van der Waals surface area contributed by atoms with Crippen molar-refractivity contribution in [1.29, 1.82) is 0 Å². The van der Waals surface area contributed by atoms with Gasteiger partial charge in [0.15, 0.2) is 0 Å². The number of hydrogen-bond acceptors (Lipinski definition) is 6. The number of nitrogens with zero attached hydrogens (tertiary/aromatic N) is 2. The number of rotatable bonds is 3. The molecule has 3 heterocycles. The predicted molar refractivity (Wildman–Crippen MR) is 79.3 cm³/mol. The molecule has 3 amide bonds. The zero-order chi connectivity index (χ0) is 15.0. The van der Waals surface area contributed by atoms with Crippen molar-refractivity contribution in [2.75, 3.05) is 11.5 Å². The molecule has 0 radical (unpaired) electrons. The van der Waals surface area contributed by atoms with E-state index < -0.39 is 16.5 Å². The minimum Gasteiger partial charge on any atom is -0.323 e. The maximum absolute atomic E-state index is 12.5. The average molecular weight is 327 g/mol. The second-order valence-electron chi connectivity index (χ2n) is 5.07. The van der Waals surface area contributed by atoms with E-state index in [1.807, 2.05) is 0 Å². The highest BCUT2D eigenvalue weighted by molar-refractivity contribution is 7.99. The third-order valence-electron chi connectivity index (χ3n) is 3.75. The van der Waals surface area contributed by atoms with Gasteiger partial charge in [0.1, 0.15) is 5.54 Å². The van der Waals surface area contributed by atoms with Crippen molar-refractivity contribution in [3.63, 3.8) is 0 Å². The fraction of sp³-hybridized carbons (Fsp3) is 0.500. The van der Waals surface area contributed by atoms with E-state index in [1.165, 1.54) is 11.0 Å². The number of carbonyl (C=O) groups excluding carboxylic acids is 2. The maximum atomic E-state index is 12.5. The van der Waals surface area contributed by atoms with Gasteiger partial charge in [0.25, 0.3) is 5.91 Å². The summed E-state index contributed by atoms with van der Waals surface area (Å²) in [6.07, 6.45) is 1.28. The van der Waals surface area contributed by atoms with Gasteiger partial charge in [-0.2, -0.15) is 11.8 Å². The van der Waals surface area contributed by atoms with E-state index in [0.29, 0.717) is 18.4 Å². The summed E-state index contributed by atoms with van der Waals surface area (Å²) in [4.78, 5) is 36.0. The van der Waals surface area contributed by atoms with Crippen LogP contribution in [0.5, 0.6) is 0 Å². The molecule has 7 nitrogen and oxygen atoms in total. The molecule has 3 rings (SSSR count). The van der Waals surface area contributed by atoms with Gasteiger partial charge in [-0.05, 0) is 29.9 Å². The first-order chi connectivity index (χ1) is 10.0. The zero-order valence-corrected chi connectivity index (χ0v) is 12.7. The molecule has 0 bridgehead atoms. The number of hydrogen-bond donors (Lipinski definition) is 1. The molecule has 2 saturated heterocycles. The zero-order valence-electron chi connectivity index (χ0n) is 11.0. The third kappa shape index (κ3) is 2.51. The number of nitro groups is 1. The van der Waals surface area contributed by atoms with Gasteiger partial charge in [-0.3, -0.25) is 19.8 Å². The fourth-order valence-electron chi connectivity index (χ4n) is 2.60. The third-order valence-corrected chi connectivity index (χ3v) is 5.67. The Morgan fingerprint density at radius 1 is 1.38 bits per heavy atom. The summed E-state index contributed by atoms with van der Waals surface area (Å²) in [7, 11) is 0. The quantitative estimate of drug-likeness (QED) is 0.520. The van der Waals surface area contributed by atoms with E-state index in [-0.39, 0.29) is 17.5 Å². The molecule has 2 aliphatic rings. The summed E-state index contributed by atoms with van der Waals surface area (Å²) in [5.41, 5.74) is -0.151. The van der Waals surface area contributed by atoms with Crippen molar-refractivity contribution in [3.05, 3.63) is 27.1 Å². The minimum absolute atomic E-state index is 0.0147. The molecule has 0 atom stereocenters. The molecule has 0 saturated carbocycles. The van der Waals surface area contributed by atoms with E-state index in [2.05, 4.69) is 5.32 Å². The molecule has 0 aliphatic carbocycles. The molecular weight excluding hydrogens is 314 g/mol. The molecule has 21 heavy (non-hydrogen) atoms. The van der Waals surface area contributed by atoms with Gasteiger partial charge in [0.05, 0.1) is 11.5 Å². The molecule has 112 valence electrons. The lowest BCUT2D eigenvalue weighted by Crippen LogP contribution is -2.49.